The second kappa shape index (κ2) is 10.1. The lowest BCUT2D eigenvalue weighted by molar-refractivity contribution is -0.137. The van der Waals surface area contributed by atoms with Gasteiger partial charge in [0, 0.05) is 32.6 Å². The van der Waals surface area contributed by atoms with E-state index in [2.05, 4.69) is 34.1 Å². The lowest BCUT2D eigenvalue weighted by Gasteiger charge is -2.21. The number of ether oxygens (including phenoxy) is 1. The van der Waals surface area contributed by atoms with Gasteiger partial charge in [0.05, 0.1) is 5.56 Å². The van der Waals surface area contributed by atoms with E-state index < -0.39 is 11.7 Å². The topological polar surface area (TPSA) is 52.0 Å². The Morgan fingerprint density at radius 3 is 2.52 bits per heavy atom. The Balaban J connectivity index is 1.12. The van der Waals surface area contributed by atoms with Crippen LogP contribution in [0.3, 0.4) is 0 Å². The number of rotatable bonds is 10. The molecule has 1 aromatic carbocycles. The summed E-state index contributed by atoms with van der Waals surface area (Å²) in [5.41, 5.74) is 0.636. The highest BCUT2D eigenvalue weighted by molar-refractivity contribution is 5.33. The van der Waals surface area contributed by atoms with Gasteiger partial charge in [0.1, 0.15) is 11.6 Å². The van der Waals surface area contributed by atoms with Gasteiger partial charge in [0.25, 0.3) is 0 Å². The summed E-state index contributed by atoms with van der Waals surface area (Å²) in [6.45, 7) is 5.75. The average molecular weight is 465 g/mol. The molecular formula is C25H35F3N4O. The van der Waals surface area contributed by atoms with Crippen LogP contribution in [0, 0.1) is 5.41 Å². The van der Waals surface area contributed by atoms with Crippen LogP contribution in [0.1, 0.15) is 80.1 Å². The van der Waals surface area contributed by atoms with Crippen LogP contribution < -0.4 is 5.32 Å². The Kier molecular flexibility index (Phi) is 7.43. The Hall–Kier alpha value is -1.93. The molecule has 0 amide bonds. The maximum Gasteiger partial charge on any atom is 0.416 e. The van der Waals surface area contributed by atoms with Gasteiger partial charge in [-0.1, -0.05) is 19.1 Å². The summed E-state index contributed by atoms with van der Waals surface area (Å²) in [4.78, 5) is 0. The minimum Gasteiger partial charge on any atom is -0.381 e. The van der Waals surface area contributed by atoms with Crippen molar-refractivity contribution in [2.24, 2.45) is 12.5 Å². The van der Waals surface area contributed by atoms with E-state index in [0.717, 1.165) is 88.5 Å². The zero-order chi connectivity index (χ0) is 23.5. The summed E-state index contributed by atoms with van der Waals surface area (Å²) < 4.78 is 45.9. The first kappa shape index (κ1) is 24.2. The molecule has 1 unspecified atom stereocenters. The fourth-order valence-electron chi connectivity index (χ4n) is 5.04. The number of nitrogens with one attached hydrogen (secondary N) is 1. The molecule has 2 heterocycles. The summed E-state index contributed by atoms with van der Waals surface area (Å²) in [6, 6.07) is 5.70. The van der Waals surface area contributed by atoms with Crippen molar-refractivity contribution in [3.63, 3.8) is 0 Å². The summed E-state index contributed by atoms with van der Waals surface area (Å²) in [5, 5.41) is 12.4. The van der Waals surface area contributed by atoms with E-state index in [4.69, 9.17) is 4.74 Å². The molecule has 1 aromatic heterocycles. The zero-order valence-corrected chi connectivity index (χ0v) is 19.6. The van der Waals surface area contributed by atoms with Crippen molar-refractivity contribution in [1.29, 1.82) is 0 Å². The predicted octanol–water partition coefficient (Wildman–Crippen LogP) is 5.22. The van der Waals surface area contributed by atoms with E-state index in [9.17, 15) is 13.2 Å². The quantitative estimate of drug-likeness (QED) is 0.490. The van der Waals surface area contributed by atoms with E-state index >= 15 is 0 Å². The van der Waals surface area contributed by atoms with Crippen LogP contribution in [0.5, 0.6) is 0 Å². The summed E-state index contributed by atoms with van der Waals surface area (Å²) in [5.74, 6) is 2.97. The number of aromatic nitrogens is 3. The van der Waals surface area contributed by atoms with Gasteiger partial charge < -0.3 is 14.6 Å². The van der Waals surface area contributed by atoms with Crippen LogP contribution in [-0.4, -0.2) is 41.1 Å². The van der Waals surface area contributed by atoms with Crippen molar-refractivity contribution >= 4 is 0 Å². The normalized spacial score (nSPS) is 23.7. The molecule has 1 aliphatic heterocycles. The van der Waals surface area contributed by atoms with Gasteiger partial charge in [-0.05, 0) is 80.6 Å². The van der Waals surface area contributed by atoms with E-state index in [0.29, 0.717) is 11.8 Å². The molecule has 33 heavy (non-hydrogen) atoms. The molecule has 0 bridgehead atoms. The minimum absolute atomic E-state index is 0.186. The van der Waals surface area contributed by atoms with E-state index in [1.807, 2.05) is 0 Å². The lowest BCUT2D eigenvalue weighted by Crippen LogP contribution is -2.20. The first-order valence-electron chi connectivity index (χ1n) is 12.1. The standard InChI is InChI=1S/C25H35F3N4O/c1-24(17-21(24)18-6-8-20(9-7-18)25(26,27)28)12-14-29-13-4-3-5-22-30-31-23(32(22)2)19-10-15-33-16-11-19/h6-9,19,21,29H,3-5,10-17H2,1-2H3/t21?,24-/m1/s1. The van der Waals surface area contributed by atoms with Crippen LogP contribution >= 0.6 is 0 Å². The number of hydrogen-bond donors (Lipinski definition) is 1. The molecular weight excluding hydrogens is 429 g/mol. The average Bonchev–Trinajstić information content (AvgIpc) is 3.34. The molecule has 1 N–H and O–H groups in total. The third-order valence-electron chi connectivity index (χ3n) is 7.45. The third-order valence-corrected chi connectivity index (χ3v) is 7.45. The maximum absolute atomic E-state index is 12.8. The molecule has 2 atom stereocenters. The second-order valence-electron chi connectivity index (χ2n) is 9.91. The van der Waals surface area contributed by atoms with Crippen molar-refractivity contribution in [2.45, 2.75) is 69.9 Å². The Morgan fingerprint density at radius 1 is 1.09 bits per heavy atom. The number of aryl methyl sites for hydroxylation is 1. The number of halogens is 3. The monoisotopic (exact) mass is 464 g/mol. The lowest BCUT2D eigenvalue weighted by atomic mass is 9.97. The predicted molar refractivity (Wildman–Crippen MR) is 121 cm³/mol. The highest BCUT2D eigenvalue weighted by atomic mass is 19.4. The van der Waals surface area contributed by atoms with E-state index in [-0.39, 0.29) is 5.41 Å². The van der Waals surface area contributed by atoms with Crippen molar-refractivity contribution in [1.82, 2.24) is 20.1 Å². The number of benzene rings is 1. The van der Waals surface area contributed by atoms with Crippen molar-refractivity contribution in [2.75, 3.05) is 26.3 Å². The number of nitrogens with zero attached hydrogens (tertiary/aromatic N) is 3. The Morgan fingerprint density at radius 2 is 1.82 bits per heavy atom. The van der Waals surface area contributed by atoms with E-state index in [1.165, 1.54) is 12.1 Å². The SMILES string of the molecule is Cn1c(CCCCNCC[C@]2(C)CC2c2ccc(C(F)(F)F)cc2)nnc1C1CCOCC1. The van der Waals surface area contributed by atoms with Crippen molar-refractivity contribution < 1.29 is 17.9 Å². The number of alkyl halides is 3. The van der Waals surface area contributed by atoms with Gasteiger partial charge in [-0.3, -0.25) is 0 Å². The van der Waals surface area contributed by atoms with Gasteiger partial charge in [-0.15, -0.1) is 10.2 Å². The molecule has 4 rings (SSSR count). The molecule has 182 valence electrons. The van der Waals surface area contributed by atoms with E-state index in [1.54, 1.807) is 12.1 Å². The molecule has 5 nitrogen and oxygen atoms in total. The second-order valence-corrected chi connectivity index (χ2v) is 9.91. The smallest absolute Gasteiger partial charge is 0.381 e. The molecule has 2 aromatic rings. The van der Waals surface area contributed by atoms with Gasteiger partial charge >= 0.3 is 6.18 Å². The highest BCUT2D eigenvalue weighted by Crippen LogP contribution is 2.61. The fraction of sp³-hybridized carbons (Fsp3) is 0.680. The van der Waals surface area contributed by atoms with Crippen LogP contribution in [-0.2, 0) is 24.4 Å². The summed E-state index contributed by atoms with van der Waals surface area (Å²) in [7, 11) is 2.07. The summed E-state index contributed by atoms with van der Waals surface area (Å²) >= 11 is 0. The Labute approximate surface area is 194 Å². The summed E-state index contributed by atoms with van der Waals surface area (Å²) in [6.07, 6.45) is 2.94. The minimum atomic E-state index is -4.27. The van der Waals surface area contributed by atoms with Crippen LogP contribution in [0.4, 0.5) is 13.2 Å². The van der Waals surface area contributed by atoms with Crippen molar-refractivity contribution in [3.05, 3.63) is 47.0 Å². The fourth-order valence-corrected chi connectivity index (χ4v) is 5.04. The molecule has 1 aliphatic carbocycles. The molecule has 1 saturated heterocycles. The molecule has 0 spiro atoms. The van der Waals surface area contributed by atoms with Gasteiger partial charge in [-0.25, -0.2) is 0 Å². The molecule has 8 heteroatoms. The number of unbranched alkanes of at least 4 members (excludes halogenated alkanes) is 1. The first-order chi connectivity index (χ1) is 15.8. The Bertz CT molecular complexity index is 905. The maximum atomic E-state index is 12.8. The van der Waals surface area contributed by atoms with Crippen LogP contribution in [0.15, 0.2) is 24.3 Å². The van der Waals surface area contributed by atoms with Crippen LogP contribution in [0.2, 0.25) is 0 Å². The first-order valence-corrected chi connectivity index (χ1v) is 12.1. The van der Waals surface area contributed by atoms with Gasteiger partial charge in [-0.2, -0.15) is 13.2 Å². The zero-order valence-electron chi connectivity index (χ0n) is 19.6. The highest BCUT2D eigenvalue weighted by Gasteiger charge is 2.49. The van der Waals surface area contributed by atoms with Gasteiger partial charge in [0.15, 0.2) is 0 Å². The van der Waals surface area contributed by atoms with Crippen molar-refractivity contribution in [3.8, 4) is 0 Å². The molecule has 2 fully saturated rings. The largest absolute Gasteiger partial charge is 0.416 e. The number of hydrogen-bond acceptors (Lipinski definition) is 4. The van der Waals surface area contributed by atoms with Crippen LogP contribution in [0.25, 0.3) is 0 Å². The van der Waals surface area contributed by atoms with Gasteiger partial charge in [0.2, 0.25) is 0 Å². The molecule has 0 radical (unpaired) electrons. The molecule has 1 saturated carbocycles. The third kappa shape index (κ3) is 5.96. The molecule has 2 aliphatic rings.